The maximum absolute atomic E-state index is 10.4. The summed E-state index contributed by atoms with van der Waals surface area (Å²) in [6, 6.07) is 2.24. The summed E-state index contributed by atoms with van der Waals surface area (Å²) in [5, 5.41) is 10.4. The van der Waals surface area contributed by atoms with Crippen LogP contribution < -0.4 is 5.73 Å². The molecule has 3 heteroatoms. The first kappa shape index (κ1) is 12.5. The van der Waals surface area contributed by atoms with Crippen molar-refractivity contribution in [3.63, 3.8) is 0 Å². The van der Waals surface area contributed by atoms with Gasteiger partial charge in [0.1, 0.15) is 5.75 Å². The van der Waals surface area contributed by atoms with Crippen molar-refractivity contribution in [3.8, 4) is 5.75 Å². The minimum absolute atomic E-state index is 0.0634. The molecule has 3 rings (SSSR count). The molecule has 1 aromatic carbocycles. The molecular weight excluding hydrogens is 290 g/mol. The molecule has 0 amide bonds. The van der Waals surface area contributed by atoms with E-state index in [1.165, 1.54) is 30.4 Å². The molecule has 1 aromatic rings. The number of hydrogen-bond acceptors (Lipinski definition) is 2. The van der Waals surface area contributed by atoms with Gasteiger partial charge in [0.25, 0.3) is 0 Å². The van der Waals surface area contributed by atoms with Crippen molar-refractivity contribution in [1.82, 2.24) is 0 Å². The molecule has 2 nitrogen and oxygen atoms in total. The third-order valence-electron chi connectivity index (χ3n) is 4.62. The molecule has 0 spiro atoms. The van der Waals surface area contributed by atoms with E-state index < -0.39 is 0 Å². The lowest BCUT2D eigenvalue weighted by Crippen LogP contribution is -2.20. The lowest BCUT2D eigenvalue weighted by atomic mass is 9.90. The SMILES string of the molecule is NCC1(c2cc3c(c(Br)c2O)CCCCC3)CC1. The lowest BCUT2D eigenvalue weighted by molar-refractivity contribution is 0.454. The Morgan fingerprint density at radius 2 is 1.94 bits per heavy atom. The third-order valence-corrected chi connectivity index (χ3v) is 5.48. The molecule has 0 aromatic heterocycles. The fourth-order valence-corrected chi connectivity index (χ4v) is 3.82. The van der Waals surface area contributed by atoms with Crippen LogP contribution in [0.15, 0.2) is 10.5 Å². The Bertz CT molecular complexity index is 480. The van der Waals surface area contributed by atoms with Crippen LogP contribution in [0.2, 0.25) is 0 Å². The number of fused-ring (bicyclic) bond motifs is 1. The number of phenolic OH excluding ortho intramolecular Hbond substituents is 1. The van der Waals surface area contributed by atoms with Gasteiger partial charge in [-0.3, -0.25) is 0 Å². The molecule has 0 saturated heterocycles. The van der Waals surface area contributed by atoms with Gasteiger partial charge in [0.15, 0.2) is 0 Å². The van der Waals surface area contributed by atoms with E-state index in [1.54, 1.807) is 0 Å². The summed E-state index contributed by atoms with van der Waals surface area (Å²) in [5.41, 5.74) is 9.79. The summed E-state index contributed by atoms with van der Waals surface area (Å²) < 4.78 is 0.927. The van der Waals surface area contributed by atoms with Crippen LogP contribution >= 0.6 is 15.9 Å². The van der Waals surface area contributed by atoms with E-state index in [1.807, 2.05) is 0 Å². The molecule has 0 unspecified atom stereocenters. The summed E-state index contributed by atoms with van der Waals surface area (Å²) in [4.78, 5) is 0. The van der Waals surface area contributed by atoms with Crippen molar-refractivity contribution in [2.75, 3.05) is 6.54 Å². The van der Waals surface area contributed by atoms with E-state index >= 15 is 0 Å². The smallest absolute Gasteiger partial charge is 0.133 e. The third kappa shape index (κ3) is 1.88. The summed E-state index contributed by atoms with van der Waals surface area (Å²) in [6.07, 6.45) is 8.23. The lowest BCUT2D eigenvalue weighted by Gasteiger charge is -2.20. The molecule has 2 aliphatic carbocycles. The Balaban J connectivity index is 2.12. The van der Waals surface area contributed by atoms with E-state index in [2.05, 4.69) is 22.0 Å². The normalized spacial score (nSPS) is 21.2. The van der Waals surface area contributed by atoms with Gasteiger partial charge >= 0.3 is 0 Å². The zero-order chi connectivity index (χ0) is 12.8. The van der Waals surface area contributed by atoms with Crippen LogP contribution in [0.1, 0.15) is 48.8 Å². The maximum atomic E-state index is 10.4. The Kier molecular flexibility index (Phi) is 3.15. The minimum atomic E-state index is 0.0634. The molecule has 0 bridgehead atoms. The monoisotopic (exact) mass is 309 g/mol. The minimum Gasteiger partial charge on any atom is -0.506 e. The number of hydrogen-bond donors (Lipinski definition) is 2. The van der Waals surface area contributed by atoms with Crippen LogP contribution in [0.25, 0.3) is 0 Å². The molecule has 1 saturated carbocycles. The first-order valence-electron chi connectivity index (χ1n) is 6.92. The molecule has 2 aliphatic rings. The second-order valence-corrected chi connectivity index (χ2v) is 6.56. The average Bonchev–Trinajstić information content (AvgIpc) is 3.17. The number of aryl methyl sites for hydroxylation is 1. The van der Waals surface area contributed by atoms with E-state index in [0.717, 1.165) is 35.7 Å². The second kappa shape index (κ2) is 4.53. The first-order valence-corrected chi connectivity index (χ1v) is 7.71. The number of benzene rings is 1. The molecular formula is C15H20BrNO. The molecule has 0 radical (unpaired) electrons. The number of aromatic hydroxyl groups is 1. The molecule has 3 N–H and O–H groups in total. The van der Waals surface area contributed by atoms with Crippen LogP contribution in [0.5, 0.6) is 5.75 Å². The predicted molar refractivity (Wildman–Crippen MR) is 77.0 cm³/mol. The highest BCUT2D eigenvalue weighted by Crippen LogP contribution is 2.53. The Labute approximate surface area is 117 Å². The molecule has 18 heavy (non-hydrogen) atoms. The van der Waals surface area contributed by atoms with Crippen molar-refractivity contribution in [3.05, 3.63) is 27.2 Å². The van der Waals surface area contributed by atoms with Crippen LogP contribution in [0, 0.1) is 0 Å². The number of nitrogens with two attached hydrogens (primary N) is 1. The van der Waals surface area contributed by atoms with Crippen LogP contribution in [0.3, 0.4) is 0 Å². The van der Waals surface area contributed by atoms with Crippen molar-refractivity contribution >= 4 is 15.9 Å². The molecule has 1 fully saturated rings. The summed E-state index contributed by atoms with van der Waals surface area (Å²) >= 11 is 3.61. The largest absolute Gasteiger partial charge is 0.506 e. The fourth-order valence-electron chi connectivity index (χ4n) is 3.16. The standard InChI is InChI=1S/C15H20BrNO/c16-13-11-5-3-1-2-4-10(11)8-12(14(13)18)15(9-17)6-7-15/h8,18H,1-7,9,17H2. The topological polar surface area (TPSA) is 46.2 Å². The van der Waals surface area contributed by atoms with Crippen molar-refractivity contribution in [1.29, 1.82) is 0 Å². The first-order chi connectivity index (χ1) is 8.68. The van der Waals surface area contributed by atoms with Gasteiger partial charge < -0.3 is 10.8 Å². The van der Waals surface area contributed by atoms with E-state index in [-0.39, 0.29) is 5.41 Å². The summed E-state index contributed by atoms with van der Waals surface area (Å²) in [7, 11) is 0. The highest BCUT2D eigenvalue weighted by molar-refractivity contribution is 9.10. The van der Waals surface area contributed by atoms with Crippen molar-refractivity contribution in [2.45, 2.75) is 50.4 Å². The van der Waals surface area contributed by atoms with E-state index in [9.17, 15) is 5.11 Å². The summed E-state index contributed by atoms with van der Waals surface area (Å²) in [6.45, 7) is 0.645. The molecule has 98 valence electrons. The van der Waals surface area contributed by atoms with Gasteiger partial charge in [-0.05, 0) is 65.6 Å². The van der Waals surface area contributed by atoms with E-state index in [0.29, 0.717) is 12.3 Å². The van der Waals surface area contributed by atoms with Gasteiger partial charge in [0, 0.05) is 17.5 Å². The second-order valence-electron chi connectivity index (χ2n) is 5.77. The highest BCUT2D eigenvalue weighted by Gasteiger charge is 2.45. The Morgan fingerprint density at radius 3 is 2.61 bits per heavy atom. The Hall–Kier alpha value is -0.540. The maximum Gasteiger partial charge on any atom is 0.133 e. The van der Waals surface area contributed by atoms with Crippen LogP contribution in [0.4, 0.5) is 0 Å². The Morgan fingerprint density at radius 1 is 1.22 bits per heavy atom. The number of phenols is 1. The van der Waals surface area contributed by atoms with Gasteiger partial charge in [0.2, 0.25) is 0 Å². The van der Waals surface area contributed by atoms with Crippen molar-refractivity contribution in [2.24, 2.45) is 5.73 Å². The zero-order valence-electron chi connectivity index (χ0n) is 10.6. The van der Waals surface area contributed by atoms with E-state index in [4.69, 9.17) is 5.73 Å². The van der Waals surface area contributed by atoms with Gasteiger partial charge in [-0.15, -0.1) is 0 Å². The van der Waals surface area contributed by atoms with Gasteiger partial charge in [0.05, 0.1) is 4.47 Å². The van der Waals surface area contributed by atoms with Crippen LogP contribution in [-0.2, 0) is 18.3 Å². The fraction of sp³-hybridized carbons (Fsp3) is 0.600. The average molecular weight is 310 g/mol. The molecule has 0 heterocycles. The predicted octanol–water partition coefficient (Wildman–Crippen LogP) is 3.41. The quantitative estimate of drug-likeness (QED) is 0.822. The van der Waals surface area contributed by atoms with Gasteiger partial charge in [-0.2, -0.15) is 0 Å². The highest BCUT2D eigenvalue weighted by atomic mass is 79.9. The van der Waals surface area contributed by atoms with Gasteiger partial charge in [-0.25, -0.2) is 0 Å². The summed E-state index contributed by atoms with van der Waals surface area (Å²) in [5.74, 6) is 0.443. The number of halogens is 1. The molecule has 0 atom stereocenters. The van der Waals surface area contributed by atoms with Crippen molar-refractivity contribution < 1.29 is 5.11 Å². The molecule has 0 aliphatic heterocycles. The van der Waals surface area contributed by atoms with Gasteiger partial charge in [-0.1, -0.05) is 12.5 Å². The van der Waals surface area contributed by atoms with Crippen LogP contribution in [-0.4, -0.2) is 11.7 Å². The number of rotatable bonds is 2. The zero-order valence-corrected chi connectivity index (χ0v) is 12.2.